The summed E-state index contributed by atoms with van der Waals surface area (Å²) < 4.78 is 5.80. The fraction of sp³-hybridized carbons (Fsp3) is 1.00. The molecule has 2 bridgehead atoms. The Hall–Kier alpha value is -0.120. The van der Waals surface area contributed by atoms with Crippen molar-refractivity contribution in [3.8, 4) is 0 Å². The number of nitrogens with zero attached hydrogens (tertiary/aromatic N) is 1. The highest BCUT2D eigenvalue weighted by Gasteiger charge is 2.46. The van der Waals surface area contributed by atoms with E-state index >= 15 is 0 Å². The summed E-state index contributed by atoms with van der Waals surface area (Å²) in [6.45, 7) is 1.19. The van der Waals surface area contributed by atoms with E-state index in [1.54, 1.807) is 0 Å². The summed E-state index contributed by atoms with van der Waals surface area (Å²) in [5.74, 6) is 0. The third-order valence-corrected chi connectivity index (χ3v) is 5.46. The molecule has 3 fully saturated rings. The lowest BCUT2D eigenvalue weighted by molar-refractivity contribution is -0.104. The molecule has 2 heterocycles. The molecule has 2 atom stereocenters. The second-order valence-electron chi connectivity index (χ2n) is 6.26. The minimum Gasteiger partial charge on any atom is -0.377 e. The molecule has 17 heavy (non-hydrogen) atoms. The molecule has 2 saturated heterocycles. The molecule has 3 aliphatic rings. The highest BCUT2D eigenvalue weighted by Crippen LogP contribution is 2.42. The first-order valence-electron chi connectivity index (χ1n) is 7.24. The Bertz CT molecular complexity index is 258. The van der Waals surface area contributed by atoms with Gasteiger partial charge in [0.05, 0.1) is 5.60 Å². The Morgan fingerprint density at radius 2 is 1.88 bits per heavy atom. The molecule has 3 nitrogen and oxygen atoms in total. The zero-order chi connectivity index (χ0) is 11.9. The average Bonchev–Trinajstić information content (AvgIpc) is 2.54. The topological polar surface area (TPSA) is 24.5 Å². The summed E-state index contributed by atoms with van der Waals surface area (Å²) in [5, 5.41) is 3.47. The predicted molar refractivity (Wildman–Crippen MR) is 69.2 cm³/mol. The van der Waals surface area contributed by atoms with Crippen LogP contribution < -0.4 is 5.32 Å². The average molecular weight is 238 g/mol. The molecule has 98 valence electrons. The van der Waals surface area contributed by atoms with Crippen LogP contribution in [-0.4, -0.2) is 49.3 Å². The SMILES string of the molecule is CNC1CC2CCC(C1)N2CC1(OC)CCC1. The van der Waals surface area contributed by atoms with Crippen molar-refractivity contribution >= 4 is 0 Å². The van der Waals surface area contributed by atoms with E-state index in [9.17, 15) is 0 Å². The lowest BCUT2D eigenvalue weighted by Gasteiger charge is -2.48. The number of piperidine rings is 1. The van der Waals surface area contributed by atoms with Crippen LogP contribution in [0, 0.1) is 0 Å². The van der Waals surface area contributed by atoms with Crippen molar-refractivity contribution in [1.82, 2.24) is 10.2 Å². The Labute approximate surface area is 105 Å². The standard InChI is InChI=1S/C14H26N2O/c1-15-11-8-12-4-5-13(9-11)16(12)10-14(17-2)6-3-7-14/h11-13,15H,3-10H2,1-2H3. The second-order valence-corrected chi connectivity index (χ2v) is 6.26. The van der Waals surface area contributed by atoms with Crippen molar-refractivity contribution in [3.63, 3.8) is 0 Å². The zero-order valence-electron chi connectivity index (χ0n) is 11.2. The molecule has 1 aliphatic carbocycles. The van der Waals surface area contributed by atoms with Crippen LogP contribution in [-0.2, 0) is 4.74 Å². The van der Waals surface area contributed by atoms with Gasteiger partial charge < -0.3 is 10.1 Å². The maximum atomic E-state index is 5.80. The van der Waals surface area contributed by atoms with Crippen molar-refractivity contribution in [1.29, 1.82) is 0 Å². The van der Waals surface area contributed by atoms with Crippen molar-refractivity contribution < 1.29 is 4.74 Å². The highest BCUT2D eigenvalue weighted by molar-refractivity contribution is 5.02. The van der Waals surface area contributed by atoms with Crippen LogP contribution in [0.2, 0.25) is 0 Å². The van der Waals surface area contributed by atoms with Gasteiger partial charge in [0, 0.05) is 31.8 Å². The van der Waals surface area contributed by atoms with Gasteiger partial charge in [0.2, 0.25) is 0 Å². The van der Waals surface area contributed by atoms with Crippen molar-refractivity contribution in [2.24, 2.45) is 0 Å². The van der Waals surface area contributed by atoms with E-state index in [1.807, 2.05) is 7.11 Å². The minimum atomic E-state index is 0.216. The summed E-state index contributed by atoms with van der Waals surface area (Å²) in [6, 6.07) is 2.39. The lowest BCUT2D eigenvalue weighted by atomic mass is 9.78. The summed E-state index contributed by atoms with van der Waals surface area (Å²) in [4.78, 5) is 2.77. The molecule has 2 aliphatic heterocycles. The van der Waals surface area contributed by atoms with Crippen molar-refractivity contribution in [2.45, 2.75) is 68.7 Å². The second kappa shape index (κ2) is 4.52. The van der Waals surface area contributed by atoms with Gasteiger partial charge in [-0.15, -0.1) is 0 Å². The number of rotatable bonds is 4. The summed E-state index contributed by atoms with van der Waals surface area (Å²) in [7, 11) is 4.02. The highest BCUT2D eigenvalue weighted by atomic mass is 16.5. The van der Waals surface area contributed by atoms with Gasteiger partial charge in [0.15, 0.2) is 0 Å². The van der Waals surface area contributed by atoms with E-state index in [0.29, 0.717) is 0 Å². The molecular formula is C14H26N2O. The van der Waals surface area contributed by atoms with E-state index in [1.165, 1.54) is 51.5 Å². The van der Waals surface area contributed by atoms with Gasteiger partial charge in [-0.1, -0.05) is 0 Å². The number of ether oxygens (including phenoxy) is 1. The summed E-state index contributed by atoms with van der Waals surface area (Å²) in [5.41, 5.74) is 0.216. The Morgan fingerprint density at radius 3 is 2.29 bits per heavy atom. The zero-order valence-corrected chi connectivity index (χ0v) is 11.2. The molecular weight excluding hydrogens is 212 g/mol. The van der Waals surface area contributed by atoms with Gasteiger partial charge in [-0.25, -0.2) is 0 Å². The van der Waals surface area contributed by atoms with Crippen LogP contribution in [0.25, 0.3) is 0 Å². The number of hydrogen-bond acceptors (Lipinski definition) is 3. The Morgan fingerprint density at radius 1 is 1.24 bits per heavy atom. The van der Waals surface area contributed by atoms with E-state index in [-0.39, 0.29) is 5.60 Å². The maximum absolute atomic E-state index is 5.80. The Kier molecular flexibility index (Phi) is 3.18. The van der Waals surface area contributed by atoms with Crippen LogP contribution in [0.15, 0.2) is 0 Å². The predicted octanol–water partition coefficient (Wildman–Crippen LogP) is 1.77. The first-order valence-corrected chi connectivity index (χ1v) is 7.24. The smallest absolute Gasteiger partial charge is 0.0805 e. The summed E-state index contributed by atoms with van der Waals surface area (Å²) in [6.07, 6.45) is 9.39. The van der Waals surface area contributed by atoms with Crippen molar-refractivity contribution in [3.05, 3.63) is 0 Å². The van der Waals surface area contributed by atoms with Gasteiger partial charge in [-0.05, 0) is 52.0 Å². The molecule has 0 amide bonds. The molecule has 3 heteroatoms. The van der Waals surface area contributed by atoms with Crippen LogP contribution >= 0.6 is 0 Å². The van der Waals surface area contributed by atoms with Crippen molar-refractivity contribution in [2.75, 3.05) is 20.7 Å². The fourth-order valence-corrected chi connectivity index (χ4v) is 4.10. The van der Waals surface area contributed by atoms with E-state index in [0.717, 1.165) is 18.1 Å². The van der Waals surface area contributed by atoms with Crippen LogP contribution in [0.4, 0.5) is 0 Å². The number of fused-ring (bicyclic) bond motifs is 2. The van der Waals surface area contributed by atoms with E-state index in [4.69, 9.17) is 4.74 Å². The first-order chi connectivity index (χ1) is 8.26. The minimum absolute atomic E-state index is 0.216. The third-order valence-electron chi connectivity index (χ3n) is 5.46. The molecule has 0 radical (unpaired) electrons. The first kappa shape index (κ1) is 11.9. The molecule has 2 unspecified atom stereocenters. The fourth-order valence-electron chi connectivity index (χ4n) is 4.10. The van der Waals surface area contributed by atoms with Gasteiger partial charge in [0.25, 0.3) is 0 Å². The van der Waals surface area contributed by atoms with Crippen LogP contribution in [0.3, 0.4) is 0 Å². The van der Waals surface area contributed by atoms with Crippen LogP contribution in [0.5, 0.6) is 0 Å². The largest absolute Gasteiger partial charge is 0.377 e. The van der Waals surface area contributed by atoms with Crippen LogP contribution in [0.1, 0.15) is 44.9 Å². The van der Waals surface area contributed by atoms with E-state index in [2.05, 4.69) is 17.3 Å². The quantitative estimate of drug-likeness (QED) is 0.808. The van der Waals surface area contributed by atoms with E-state index < -0.39 is 0 Å². The normalized spacial score (nSPS) is 40.2. The van der Waals surface area contributed by atoms with Gasteiger partial charge in [-0.2, -0.15) is 0 Å². The van der Waals surface area contributed by atoms with Gasteiger partial charge in [0.1, 0.15) is 0 Å². The molecule has 0 aromatic rings. The third kappa shape index (κ3) is 2.02. The van der Waals surface area contributed by atoms with Gasteiger partial charge >= 0.3 is 0 Å². The molecule has 3 rings (SSSR count). The monoisotopic (exact) mass is 238 g/mol. The molecule has 0 spiro atoms. The molecule has 0 aromatic carbocycles. The number of hydrogen-bond donors (Lipinski definition) is 1. The molecule has 1 N–H and O–H groups in total. The summed E-state index contributed by atoms with van der Waals surface area (Å²) >= 11 is 0. The maximum Gasteiger partial charge on any atom is 0.0805 e. The molecule has 1 saturated carbocycles. The lowest BCUT2D eigenvalue weighted by Crippen LogP contribution is -2.56. The van der Waals surface area contributed by atoms with Gasteiger partial charge in [-0.3, -0.25) is 4.90 Å². The Balaban J connectivity index is 1.65. The number of methoxy groups -OCH3 is 1. The number of nitrogens with one attached hydrogen (secondary N) is 1. The molecule has 0 aromatic heterocycles.